The quantitative estimate of drug-likeness (QED) is 0.825. The summed E-state index contributed by atoms with van der Waals surface area (Å²) in [4.78, 5) is 22.6. The lowest BCUT2D eigenvalue weighted by Gasteiger charge is -2.07. The fourth-order valence-corrected chi connectivity index (χ4v) is 1.25. The molecule has 98 valence electrons. The summed E-state index contributed by atoms with van der Waals surface area (Å²) in [7, 11) is 0. The van der Waals surface area contributed by atoms with Crippen molar-refractivity contribution in [3.05, 3.63) is 35.9 Å². The van der Waals surface area contributed by atoms with Crippen LogP contribution in [0.2, 0.25) is 0 Å². The number of hydrogen-bond donors (Lipinski definition) is 1. The molecule has 0 heterocycles. The number of amides is 1. The van der Waals surface area contributed by atoms with Crippen molar-refractivity contribution in [2.45, 2.75) is 19.0 Å². The summed E-state index contributed by atoms with van der Waals surface area (Å²) in [6.07, 6.45) is -6.20. The number of nitrogens with one attached hydrogen (secondary N) is 1. The van der Waals surface area contributed by atoms with Gasteiger partial charge in [0.15, 0.2) is 5.78 Å². The van der Waals surface area contributed by atoms with Crippen LogP contribution in [0.3, 0.4) is 0 Å². The molecule has 3 nitrogen and oxygen atoms in total. The lowest BCUT2D eigenvalue weighted by molar-refractivity contribution is -0.144. The Morgan fingerprint density at radius 2 is 1.72 bits per heavy atom. The average molecular weight is 259 g/mol. The Bertz CT molecular complexity index is 415. The molecule has 0 atom stereocenters. The topological polar surface area (TPSA) is 46.2 Å². The van der Waals surface area contributed by atoms with E-state index < -0.39 is 24.9 Å². The van der Waals surface area contributed by atoms with Gasteiger partial charge in [-0.2, -0.15) is 13.2 Å². The van der Waals surface area contributed by atoms with Crippen LogP contribution in [0.5, 0.6) is 0 Å². The molecule has 0 saturated heterocycles. The van der Waals surface area contributed by atoms with Gasteiger partial charge in [-0.05, 0) is 0 Å². The minimum Gasteiger partial charge on any atom is -0.349 e. The van der Waals surface area contributed by atoms with Crippen LogP contribution in [-0.4, -0.2) is 24.4 Å². The van der Waals surface area contributed by atoms with Gasteiger partial charge in [0, 0.05) is 12.0 Å². The number of alkyl halides is 3. The van der Waals surface area contributed by atoms with Crippen LogP contribution in [0.4, 0.5) is 13.2 Å². The fourth-order valence-electron chi connectivity index (χ4n) is 1.25. The summed E-state index contributed by atoms with van der Waals surface area (Å²) >= 11 is 0. The molecule has 0 aliphatic rings. The second-order valence-electron chi connectivity index (χ2n) is 3.68. The SMILES string of the molecule is O=C(CCC(F)(F)F)NCC(=O)c1ccccc1. The normalized spacial score (nSPS) is 11.1. The van der Waals surface area contributed by atoms with Gasteiger partial charge in [-0.3, -0.25) is 9.59 Å². The van der Waals surface area contributed by atoms with Gasteiger partial charge >= 0.3 is 6.18 Å². The molecule has 1 aromatic carbocycles. The smallest absolute Gasteiger partial charge is 0.349 e. The minimum atomic E-state index is -4.36. The second-order valence-corrected chi connectivity index (χ2v) is 3.68. The molecule has 1 rings (SSSR count). The maximum atomic E-state index is 11.8. The summed E-state index contributed by atoms with van der Waals surface area (Å²) in [5, 5.41) is 2.17. The van der Waals surface area contributed by atoms with E-state index in [2.05, 4.69) is 5.32 Å². The van der Waals surface area contributed by atoms with E-state index in [-0.39, 0.29) is 12.3 Å². The highest BCUT2D eigenvalue weighted by Gasteiger charge is 2.27. The average Bonchev–Trinajstić information content (AvgIpc) is 2.33. The van der Waals surface area contributed by atoms with Gasteiger partial charge in [-0.15, -0.1) is 0 Å². The summed E-state index contributed by atoms with van der Waals surface area (Å²) < 4.78 is 35.5. The van der Waals surface area contributed by atoms with Crippen LogP contribution in [0.1, 0.15) is 23.2 Å². The predicted octanol–water partition coefficient (Wildman–Crippen LogP) is 2.33. The van der Waals surface area contributed by atoms with Gasteiger partial charge in [0.25, 0.3) is 0 Å². The summed E-state index contributed by atoms with van der Waals surface area (Å²) in [6, 6.07) is 8.21. The first-order valence-electron chi connectivity index (χ1n) is 5.30. The largest absolute Gasteiger partial charge is 0.389 e. The molecule has 0 aromatic heterocycles. The van der Waals surface area contributed by atoms with Crippen molar-refractivity contribution >= 4 is 11.7 Å². The zero-order chi connectivity index (χ0) is 13.6. The van der Waals surface area contributed by atoms with E-state index in [0.717, 1.165) is 0 Å². The number of ketones is 1. The van der Waals surface area contributed by atoms with Crippen molar-refractivity contribution < 1.29 is 22.8 Å². The van der Waals surface area contributed by atoms with E-state index in [1.165, 1.54) is 0 Å². The molecule has 18 heavy (non-hydrogen) atoms. The number of carbonyl (C=O) groups excluding carboxylic acids is 2. The Kier molecular flexibility index (Phi) is 4.88. The van der Waals surface area contributed by atoms with Gasteiger partial charge in [0.05, 0.1) is 13.0 Å². The zero-order valence-electron chi connectivity index (χ0n) is 9.46. The van der Waals surface area contributed by atoms with Crippen molar-refractivity contribution in [1.29, 1.82) is 0 Å². The van der Waals surface area contributed by atoms with E-state index in [4.69, 9.17) is 0 Å². The van der Waals surface area contributed by atoms with Crippen LogP contribution in [0.15, 0.2) is 30.3 Å². The van der Waals surface area contributed by atoms with Gasteiger partial charge in [0.2, 0.25) is 5.91 Å². The van der Waals surface area contributed by atoms with Gasteiger partial charge in [0.1, 0.15) is 0 Å². The highest BCUT2D eigenvalue weighted by Crippen LogP contribution is 2.20. The van der Waals surface area contributed by atoms with E-state index in [1.807, 2.05) is 0 Å². The van der Waals surface area contributed by atoms with Crippen LogP contribution in [0, 0.1) is 0 Å². The maximum absolute atomic E-state index is 11.8. The molecular weight excluding hydrogens is 247 g/mol. The Morgan fingerprint density at radius 3 is 2.28 bits per heavy atom. The number of Topliss-reactive ketones (excluding diaryl/α,β-unsaturated/α-hetero) is 1. The first-order valence-corrected chi connectivity index (χ1v) is 5.30. The highest BCUT2D eigenvalue weighted by atomic mass is 19.4. The van der Waals surface area contributed by atoms with Crippen LogP contribution in [0.25, 0.3) is 0 Å². The Balaban J connectivity index is 2.33. The molecule has 6 heteroatoms. The molecule has 0 unspecified atom stereocenters. The summed E-state index contributed by atoms with van der Waals surface area (Å²) in [5.74, 6) is -1.12. The predicted molar refractivity (Wildman–Crippen MR) is 59.1 cm³/mol. The molecule has 0 aliphatic carbocycles. The number of hydrogen-bond acceptors (Lipinski definition) is 2. The third-order valence-electron chi connectivity index (χ3n) is 2.18. The molecule has 0 saturated carbocycles. The van der Waals surface area contributed by atoms with Crippen molar-refractivity contribution in [3.8, 4) is 0 Å². The molecular formula is C12H12F3NO2. The zero-order valence-corrected chi connectivity index (χ0v) is 9.46. The standard InChI is InChI=1S/C12H12F3NO2/c13-12(14,15)7-6-11(18)16-8-10(17)9-4-2-1-3-5-9/h1-5H,6-8H2,(H,16,18). The Morgan fingerprint density at radius 1 is 1.11 bits per heavy atom. The Labute approximate surface area is 102 Å². The number of carbonyl (C=O) groups is 2. The Hall–Kier alpha value is -1.85. The van der Waals surface area contributed by atoms with E-state index in [1.54, 1.807) is 30.3 Å². The molecule has 1 N–H and O–H groups in total. The van der Waals surface area contributed by atoms with Gasteiger partial charge in [-0.25, -0.2) is 0 Å². The highest BCUT2D eigenvalue weighted by molar-refractivity contribution is 5.99. The van der Waals surface area contributed by atoms with Crippen LogP contribution >= 0.6 is 0 Å². The van der Waals surface area contributed by atoms with Gasteiger partial charge in [-0.1, -0.05) is 30.3 Å². The lowest BCUT2D eigenvalue weighted by Crippen LogP contribution is -2.30. The van der Waals surface area contributed by atoms with Crippen molar-refractivity contribution in [3.63, 3.8) is 0 Å². The van der Waals surface area contributed by atoms with Crippen molar-refractivity contribution in [2.75, 3.05) is 6.54 Å². The number of rotatable bonds is 5. The third kappa shape index (κ3) is 5.47. The van der Waals surface area contributed by atoms with Crippen molar-refractivity contribution in [1.82, 2.24) is 5.32 Å². The van der Waals surface area contributed by atoms with Crippen molar-refractivity contribution in [2.24, 2.45) is 0 Å². The maximum Gasteiger partial charge on any atom is 0.389 e. The molecule has 0 fully saturated rings. The lowest BCUT2D eigenvalue weighted by atomic mass is 10.1. The molecule has 1 amide bonds. The first kappa shape index (κ1) is 14.2. The second kappa shape index (κ2) is 6.18. The first-order chi connectivity index (χ1) is 8.38. The molecule has 0 radical (unpaired) electrons. The van der Waals surface area contributed by atoms with E-state index >= 15 is 0 Å². The molecule has 0 spiro atoms. The summed E-state index contributed by atoms with van der Waals surface area (Å²) in [5.41, 5.74) is 0.411. The molecule has 1 aromatic rings. The monoisotopic (exact) mass is 259 g/mol. The molecule has 0 bridgehead atoms. The number of benzene rings is 1. The summed E-state index contributed by atoms with van der Waals surface area (Å²) in [6.45, 7) is -0.291. The van der Waals surface area contributed by atoms with Gasteiger partial charge < -0.3 is 5.32 Å². The van der Waals surface area contributed by atoms with Crippen LogP contribution in [-0.2, 0) is 4.79 Å². The fraction of sp³-hybridized carbons (Fsp3) is 0.333. The van der Waals surface area contributed by atoms with E-state index in [9.17, 15) is 22.8 Å². The number of halogens is 3. The third-order valence-corrected chi connectivity index (χ3v) is 2.18. The van der Waals surface area contributed by atoms with Crippen LogP contribution < -0.4 is 5.32 Å². The minimum absolute atomic E-state index is 0.291. The van der Waals surface area contributed by atoms with E-state index in [0.29, 0.717) is 5.56 Å². The molecule has 0 aliphatic heterocycles.